The summed E-state index contributed by atoms with van der Waals surface area (Å²) in [4.78, 5) is 40.3. The second-order valence-corrected chi connectivity index (χ2v) is 6.39. The first kappa shape index (κ1) is 16.5. The number of rotatable bonds is 2. The van der Waals surface area contributed by atoms with E-state index in [0.29, 0.717) is 23.4 Å². The molecule has 1 aromatic rings. The van der Waals surface area contributed by atoms with Crippen LogP contribution in [-0.4, -0.2) is 35.1 Å². The van der Waals surface area contributed by atoms with Gasteiger partial charge in [-0.3, -0.25) is 9.69 Å². The van der Waals surface area contributed by atoms with Crippen LogP contribution in [-0.2, 0) is 9.53 Å². The number of ether oxygens (including phenoxy) is 1. The Kier molecular flexibility index (Phi) is 4.30. The Labute approximate surface area is 141 Å². The quantitative estimate of drug-likeness (QED) is 0.777. The molecule has 128 valence electrons. The maximum absolute atomic E-state index is 13.0. The number of urea groups is 1. The fourth-order valence-corrected chi connectivity index (χ4v) is 3.65. The van der Waals surface area contributed by atoms with E-state index >= 15 is 0 Å². The van der Waals surface area contributed by atoms with Gasteiger partial charge in [-0.25, -0.2) is 9.59 Å². The molecule has 1 aliphatic heterocycles. The molecule has 0 aromatic heterocycles. The van der Waals surface area contributed by atoms with Crippen LogP contribution in [0.3, 0.4) is 0 Å². The molecule has 0 N–H and O–H groups in total. The van der Waals surface area contributed by atoms with Gasteiger partial charge in [0, 0.05) is 5.69 Å². The van der Waals surface area contributed by atoms with E-state index in [1.54, 1.807) is 6.92 Å². The highest BCUT2D eigenvalue weighted by atomic mass is 16.6. The third-order valence-corrected chi connectivity index (χ3v) is 4.84. The molecule has 1 saturated carbocycles. The van der Waals surface area contributed by atoms with E-state index in [1.807, 2.05) is 31.2 Å². The normalized spacial score (nSPS) is 19.9. The average Bonchev–Trinajstić information content (AvgIpc) is 2.77. The molecule has 1 heterocycles. The SMILES string of the molecule is CCOC(=O)N1C(=O)N(c2ccc(C)cc2)C2(CCCCC2)C1=O. The summed E-state index contributed by atoms with van der Waals surface area (Å²) in [6, 6.07) is 6.84. The smallest absolute Gasteiger partial charge is 0.425 e. The van der Waals surface area contributed by atoms with Crippen LogP contribution >= 0.6 is 0 Å². The standard InChI is InChI=1S/C18H22N2O4/c1-3-24-17(23)19-15(21)18(11-5-4-6-12-18)20(16(19)22)14-9-7-13(2)8-10-14/h7-10H,3-6,11-12H2,1-2H3. The summed E-state index contributed by atoms with van der Waals surface area (Å²) in [7, 11) is 0. The monoisotopic (exact) mass is 330 g/mol. The van der Waals surface area contributed by atoms with Crippen molar-refractivity contribution in [2.75, 3.05) is 11.5 Å². The molecule has 0 unspecified atom stereocenters. The average molecular weight is 330 g/mol. The van der Waals surface area contributed by atoms with E-state index in [2.05, 4.69) is 0 Å². The predicted octanol–water partition coefficient (Wildman–Crippen LogP) is 3.62. The van der Waals surface area contributed by atoms with Gasteiger partial charge in [-0.15, -0.1) is 0 Å². The van der Waals surface area contributed by atoms with Crippen molar-refractivity contribution in [2.24, 2.45) is 0 Å². The molecule has 6 heteroatoms. The zero-order valence-electron chi connectivity index (χ0n) is 14.1. The van der Waals surface area contributed by atoms with Gasteiger partial charge in [-0.1, -0.05) is 37.0 Å². The zero-order valence-corrected chi connectivity index (χ0v) is 14.1. The van der Waals surface area contributed by atoms with Crippen LogP contribution in [0.5, 0.6) is 0 Å². The van der Waals surface area contributed by atoms with Crippen molar-refractivity contribution in [1.82, 2.24) is 4.90 Å². The zero-order chi connectivity index (χ0) is 17.3. The Hall–Kier alpha value is -2.37. The van der Waals surface area contributed by atoms with Crippen LogP contribution in [0.2, 0.25) is 0 Å². The second-order valence-electron chi connectivity index (χ2n) is 6.39. The third-order valence-electron chi connectivity index (χ3n) is 4.84. The molecule has 24 heavy (non-hydrogen) atoms. The van der Waals surface area contributed by atoms with E-state index < -0.39 is 23.6 Å². The minimum Gasteiger partial charge on any atom is -0.449 e. The van der Waals surface area contributed by atoms with E-state index in [0.717, 1.165) is 24.8 Å². The van der Waals surface area contributed by atoms with Crippen molar-refractivity contribution in [3.63, 3.8) is 0 Å². The number of carbonyl (C=O) groups excluding carboxylic acids is 3. The van der Waals surface area contributed by atoms with Crippen molar-refractivity contribution in [3.05, 3.63) is 29.8 Å². The summed E-state index contributed by atoms with van der Waals surface area (Å²) in [5.41, 5.74) is 0.751. The van der Waals surface area contributed by atoms with Gasteiger partial charge in [0.1, 0.15) is 5.54 Å². The Morgan fingerprint density at radius 3 is 2.33 bits per heavy atom. The molecule has 1 spiro atoms. The van der Waals surface area contributed by atoms with E-state index in [-0.39, 0.29) is 6.61 Å². The number of amides is 4. The molecule has 2 aliphatic rings. The van der Waals surface area contributed by atoms with Crippen LogP contribution in [0.25, 0.3) is 0 Å². The van der Waals surface area contributed by atoms with Crippen LogP contribution in [0.15, 0.2) is 24.3 Å². The number of aryl methyl sites for hydroxylation is 1. The molecule has 4 amide bonds. The summed E-state index contributed by atoms with van der Waals surface area (Å²) in [6.07, 6.45) is 3.01. The number of hydrogen-bond donors (Lipinski definition) is 0. The number of benzene rings is 1. The number of nitrogens with zero attached hydrogens (tertiary/aromatic N) is 2. The highest BCUT2D eigenvalue weighted by Crippen LogP contribution is 2.43. The molecular formula is C18H22N2O4. The summed E-state index contributed by atoms with van der Waals surface area (Å²) < 4.78 is 4.92. The lowest BCUT2D eigenvalue weighted by molar-refractivity contribution is -0.130. The molecule has 2 fully saturated rings. The minimum atomic E-state index is -0.961. The van der Waals surface area contributed by atoms with Crippen molar-refractivity contribution in [3.8, 4) is 0 Å². The molecule has 0 atom stereocenters. The second kappa shape index (κ2) is 6.26. The lowest BCUT2D eigenvalue weighted by atomic mass is 9.80. The molecule has 1 aliphatic carbocycles. The lowest BCUT2D eigenvalue weighted by Gasteiger charge is -2.38. The molecule has 1 aromatic carbocycles. The molecule has 0 bridgehead atoms. The van der Waals surface area contributed by atoms with Gasteiger partial charge in [0.2, 0.25) is 0 Å². The number of carbonyl (C=O) groups is 3. The fourth-order valence-electron chi connectivity index (χ4n) is 3.65. The van der Waals surface area contributed by atoms with Gasteiger partial charge in [0.15, 0.2) is 0 Å². The van der Waals surface area contributed by atoms with Gasteiger partial charge >= 0.3 is 12.1 Å². The molecule has 3 rings (SSSR count). The van der Waals surface area contributed by atoms with Crippen molar-refractivity contribution in [2.45, 2.75) is 51.5 Å². The Bertz CT molecular complexity index is 662. The highest BCUT2D eigenvalue weighted by Gasteiger charge is 2.60. The summed E-state index contributed by atoms with van der Waals surface area (Å²) >= 11 is 0. The largest absolute Gasteiger partial charge is 0.449 e. The molecular weight excluding hydrogens is 308 g/mol. The van der Waals surface area contributed by atoms with Crippen LogP contribution in [0.1, 0.15) is 44.6 Å². The topological polar surface area (TPSA) is 66.9 Å². The van der Waals surface area contributed by atoms with Crippen LogP contribution in [0.4, 0.5) is 15.3 Å². The van der Waals surface area contributed by atoms with Gasteiger partial charge in [-0.2, -0.15) is 4.90 Å². The summed E-state index contributed by atoms with van der Waals surface area (Å²) in [5.74, 6) is -0.453. The molecule has 6 nitrogen and oxygen atoms in total. The first-order valence-electron chi connectivity index (χ1n) is 8.43. The Balaban J connectivity index is 2.06. The first-order valence-corrected chi connectivity index (χ1v) is 8.43. The van der Waals surface area contributed by atoms with Crippen LogP contribution in [0, 0.1) is 6.92 Å². The number of anilines is 1. The predicted molar refractivity (Wildman–Crippen MR) is 88.7 cm³/mol. The van der Waals surface area contributed by atoms with E-state index in [9.17, 15) is 14.4 Å². The maximum atomic E-state index is 13.0. The first-order chi connectivity index (χ1) is 11.5. The molecule has 0 radical (unpaired) electrons. The highest BCUT2D eigenvalue weighted by molar-refractivity contribution is 6.24. The van der Waals surface area contributed by atoms with E-state index in [4.69, 9.17) is 4.74 Å². The van der Waals surface area contributed by atoms with Crippen molar-refractivity contribution >= 4 is 23.7 Å². The van der Waals surface area contributed by atoms with Crippen LogP contribution < -0.4 is 4.90 Å². The van der Waals surface area contributed by atoms with Gasteiger partial charge in [0.05, 0.1) is 6.61 Å². The van der Waals surface area contributed by atoms with Gasteiger partial charge < -0.3 is 4.74 Å². The van der Waals surface area contributed by atoms with E-state index in [1.165, 1.54) is 4.90 Å². The third kappa shape index (κ3) is 2.46. The Morgan fingerprint density at radius 1 is 1.12 bits per heavy atom. The minimum absolute atomic E-state index is 0.118. The molecule has 1 saturated heterocycles. The number of imide groups is 3. The van der Waals surface area contributed by atoms with Gasteiger partial charge in [0.25, 0.3) is 5.91 Å². The lowest BCUT2D eigenvalue weighted by Crippen LogP contribution is -2.51. The van der Waals surface area contributed by atoms with Crippen molar-refractivity contribution < 1.29 is 19.1 Å². The summed E-state index contributed by atoms with van der Waals surface area (Å²) in [5, 5.41) is 0. The maximum Gasteiger partial charge on any atom is 0.425 e. The number of hydrogen-bond acceptors (Lipinski definition) is 4. The fraction of sp³-hybridized carbons (Fsp3) is 0.500. The van der Waals surface area contributed by atoms with Gasteiger partial charge in [-0.05, 0) is 38.8 Å². The summed E-state index contributed by atoms with van der Waals surface area (Å²) in [6.45, 7) is 3.73. The Morgan fingerprint density at radius 2 is 1.75 bits per heavy atom. The van der Waals surface area contributed by atoms with Crippen molar-refractivity contribution in [1.29, 1.82) is 0 Å².